The number of pyridine rings is 2. The summed E-state index contributed by atoms with van der Waals surface area (Å²) in [6.45, 7) is 15.5. The quantitative estimate of drug-likeness (QED) is 0.493. The van der Waals surface area contributed by atoms with Gasteiger partial charge in [0, 0.05) is 47.9 Å². The zero-order chi connectivity index (χ0) is 26.0. The number of piperidine rings is 1. The highest BCUT2D eigenvalue weighted by Gasteiger charge is 2.36. The lowest BCUT2D eigenvalue weighted by Crippen LogP contribution is -2.39. The minimum absolute atomic E-state index is 0.0448. The molecule has 0 radical (unpaired) electrons. The van der Waals surface area contributed by atoms with Crippen molar-refractivity contribution >= 4 is 11.7 Å². The van der Waals surface area contributed by atoms with Crippen LogP contribution in [0.5, 0.6) is 5.88 Å². The predicted molar refractivity (Wildman–Crippen MR) is 134 cm³/mol. The Hall–Kier alpha value is -2.74. The van der Waals surface area contributed by atoms with Crippen molar-refractivity contribution in [2.45, 2.75) is 79.4 Å². The Morgan fingerprint density at radius 1 is 1.23 bits per heavy atom. The van der Waals surface area contributed by atoms with E-state index >= 15 is 0 Å². The number of carboxylic acid groups (broad SMARTS) is 1. The third kappa shape index (κ3) is 6.48. The first kappa shape index (κ1) is 26.9. The first-order valence-electron chi connectivity index (χ1n) is 12.3. The number of rotatable bonds is 8. The molecule has 7 nitrogen and oxygen atoms in total. The molecule has 0 aliphatic carbocycles. The Morgan fingerprint density at radius 3 is 2.43 bits per heavy atom. The summed E-state index contributed by atoms with van der Waals surface area (Å²) in [6, 6.07) is 1.38. The highest BCUT2D eigenvalue weighted by Crippen LogP contribution is 2.43. The van der Waals surface area contributed by atoms with Crippen molar-refractivity contribution in [2.24, 2.45) is 5.41 Å². The second kappa shape index (κ2) is 10.5. The van der Waals surface area contributed by atoms with Crippen LogP contribution in [0.4, 0.5) is 10.1 Å². The average Bonchev–Trinajstić information content (AvgIpc) is 2.76. The maximum Gasteiger partial charge on any atom is 0.337 e. The molecule has 1 saturated heterocycles. The maximum absolute atomic E-state index is 14.9. The van der Waals surface area contributed by atoms with Crippen LogP contribution < -0.4 is 9.64 Å². The van der Waals surface area contributed by atoms with Gasteiger partial charge >= 0.3 is 5.97 Å². The van der Waals surface area contributed by atoms with Crippen molar-refractivity contribution < 1.29 is 23.8 Å². The van der Waals surface area contributed by atoms with E-state index in [-0.39, 0.29) is 11.3 Å². The minimum atomic E-state index is -1.22. The van der Waals surface area contributed by atoms with E-state index in [0.717, 1.165) is 32.4 Å². The first-order chi connectivity index (χ1) is 16.3. The lowest BCUT2D eigenvalue weighted by molar-refractivity contribution is -0.160. The van der Waals surface area contributed by atoms with Gasteiger partial charge in [0.2, 0.25) is 5.88 Å². The van der Waals surface area contributed by atoms with E-state index in [1.54, 1.807) is 19.3 Å². The molecule has 3 rings (SSSR count). The highest BCUT2D eigenvalue weighted by molar-refractivity contribution is 5.86. The molecule has 1 aliphatic rings. The molecule has 2 aromatic heterocycles. The second-order valence-corrected chi connectivity index (χ2v) is 11.0. The lowest BCUT2D eigenvalue weighted by atomic mass is 9.82. The molecule has 1 unspecified atom stereocenters. The van der Waals surface area contributed by atoms with Crippen molar-refractivity contribution in [1.29, 1.82) is 0 Å². The fourth-order valence-corrected chi connectivity index (χ4v) is 4.27. The van der Waals surface area contributed by atoms with Gasteiger partial charge in [-0.1, -0.05) is 20.8 Å². The first-order valence-corrected chi connectivity index (χ1v) is 12.3. The van der Waals surface area contributed by atoms with Crippen LogP contribution >= 0.6 is 0 Å². The lowest BCUT2D eigenvalue weighted by Gasteiger charge is -2.40. The SMILES string of the molecule is CCCOc1ncc(-c2cnc(C)c(C(OC(C)(C)C)C(=O)O)c2N2CCC(C)(C)CC2)cc1F. The molecule has 0 spiro atoms. The van der Waals surface area contributed by atoms with Crippen LogP contribution in [-0.2, 0) is 9.53 Å². The third-order valence-corrected chi connectivity index (χ3v) is 6.24. The fourth-order valence-electron chi connectivity index (χ4n) is 4.27. The van der Waals surface area contributed by atoms with Crippen LogP contribution in [0.15, 0.2) is 18.5 Å². The Labute approximate surface area is 207 Å². The van der Waals surface area contributed by atoms with Crippen LogP contribution in [0.2, 0.25) is 0 Å². The molecule has 0 aromatic carbocycles. The number of hydrogen-bond acceptors (Lipinski definition) is 6. The van der Waals surface area contributed by atoms with Gasteiger partial charge in [-0.15, -0.1) is 0 Å². The Morgan fingerprint density at radius 2 is 1.89 bits per heavy atom. The van der Waals surface area contributed by atoms with Crippen LogP contribution in [-0.4, -0.2) is 46.3 Å². The van der Waals surface area contributed by atoms with E-state index in [0.29, 0.717) is 34.7 Å². The van der Waals surface area contributed by atoms with Gasteiger partial charge in [-0.3, -0.25) is 4.98 Å². The second-order valence-electron chi connectivity index (χ2n) is 11.0. The summed E-state index contributed by atoms with van der Waals surface area (Å²) in [4.78, 5) is 23.4. The standard InChI is InChI=1S/C27H38FN3O4/c1-8-13-34-24-20(28)14-18(15-30-24)19-16-29-17(2)21(23(25(32)33)35-26(3,4)5)22(19)31-11-9-27(6,7)10-12-31/h14-16,23H,8-13H2,1-7H3,(H,32,33). The third-order valence-electron chi connectivity index (χ3n) is 6.24. The predicted octanol–water partition coefficient (Wildman–Crippen LogP) is 5.95. The Kier molecular flexibility index (Phi) is 8.04. The molecule has 35 heavy (non-hydrogen) atoms. The van der Waals surface area contributed by atoms with Crippen molar-refractivity contribution in [3.8, 4) is 17.0 Å². The number of aryl methyl sites for hydroxylation is 1. The molecule has 0 amide bonds. The van der Waals surface area contributed by atoms with Gasteiger partial charge in [0.15, 0.2) is 11.9 Å². The molecule has 1 fully saturated rings. The van der Waals surface area contributed by atoms with E-state index in [4.69, 9.17) is 9.47 Å². The molecule has 192 valence electrons. The monoisotopic (exact) mass is 487 g/mol. The van der Waals surface area contributed by atoms with Crippen molar-refractivity contribution in [3.63, 3.8) is 0 Å². The molecule has 1 aliphatic heterocycles. The summed E-state index contributed by atoms with van der Waals surface area (Å²) >= 11 is 0. The van der Waals surface area contributed by atoms with Crippen LogP contribution in [0.25, 0.3) is 11.1 Å². The molecule has 1 atom stereocenters. The minimum Gasteiger partial charge on any atom is -0.479 e. The van der Waals surface area contributed by atoms with Gasteiger partial charge in [0.1, 0.15) is 0 Å². The molecule has 3 heterocycles. The molecule has 8 heteroatoms. The zero-order valence-electron chi connectivity index (χ0n) is 21.9. The smallest absolute Gasteiger partial charge is 0.337 e. The average molecular weight is 488 g/mol. The van der Waals surface area contributed by atoms with Crippen LogP contribution in [0.1, 0.15) is 78.2 Å². The summed E-state index contributed by atoms with van der Waals surface area (Å²) in [7, 11) is 0. The molecule has 0 bridgehead atoms. The van der Waals surface area contributed by atoms with Crippen molar-refractivity contribution in [3.05, 3.63) is 35.5 Å². The van der Waals surface area contributed by atoms with Crippen molar-refractivity contribution in [1.82, 2.24) is 9.97 Å². The number of anilines is 1. The Bertz CT molecular complexity index is 1060. The largest absolute Gasteiger partial charge is 0.479 e. The van der Waals surface area contributed by atoms with E-state index in [1.165, 1.54) is 6.07 Å². The van der Waals surface area contributed by atoms with E-state index in [9.17, 15) is 14.3 Å². The topological polar surface area (TPSA) is 84.8 Å². The number of carbonyl (C=O) groups is 1. The van der Waals surface area contributed by atoms with Gasteiger partial charge in [0.25, 0.3) is 0 Å². The fraction of sp³-hybridized carbons (Fsp3) is 0.593. The summed E-state index contributed by atoms with van der Waals surface area (Å²) in [6.07, 6.45) is 4.64. The number of nitrogens with zero attached hydrogens (tertiary/aromatic N) is 3. The summed E-state index contributed by atoms with van der Waals surface area (Å²) < 4.78 is 26.3. The Balaban J connectivity index is 2.20. The van der Waals surface area contributed by atoms with Gasteiger partial charge in [0.05, 0.1) is 17.9 Å². The molecule has 2 aromatic rings. The van der Waals surface area contributed by atoms with Gasteiger partial charge in [-0.25, -0.2) is 14.2 Å². The van der Waals surface area contributed by atoms with E-state index in [2.05, 4.69) is 28.7 Å². The summed E-state index contributed by atoms with van der Waals surface area (Å²) in [5.74, 6) is -1.70. The number of carboxylic acids is 1. The summed E-state index contributed by atoms with van der Waals surface area (Å²) in [5, 5.41) is 10.2. The number of aliphatic carboxylic acids is 1. The number of aromatic nitrogens is 2. The number of hydrogen-bond donors (Lipinski definition) is 1. The highest BCUT2D eigenvalue weighted by atomic mass is 19.1. The van der Waals surface area contributed by atoms with E-state index < -0.39 is 23.5 Å². The molecule has 1 N–H and O–H groups in total. The maximum atomic E-state index is 14.9. The van der Waals surface area contributed by atoms with Crippen molar-refractivity contribution in [2.75, 3.05) is 24.6 Å². The van der Waals surface area contributed by atoms with Gasteiger partial charge in [-0.2, -0.15) is 0 Å². The van der Waals surface area contributed by atoms with Crippen LogP contribution in [0.3, 0.4) is 0 Å². The van der Waals surface area contributed by atoms with Crippen LogP contribution in [0, 0.1) is 18.2 Å². The molecule has 0 saturated carbocycles. The van der Waals surface area contributed by atoms with Gasteiger partial charge in [-0.05, 0) is 58.4 Å². The normalized spacial score (nSPS) is 16.7. The zero-order valence-corrected chi connectivity index (χ0v) is 21.9. The number of halogens is 1. The molecular formula is C27H38FN3O4. The number of ether oxygens (including phenoxy) is 2. The van der Waals surface area contributed by atoms with E-state index in [1.807, 2.05) is 27.7 Å². The van der Waals surface area contributed by atoms with Gasteiger partial charge < -0.3 is 19.5 Å². The molecular weight excluding hydrogens is 449 g/mol. The summed E-state index contributed by atoms with van der Waals surface area (Å²) in [5.41, 5.74) is 2.42.